The number of hydrogen-bond acceptors (Lipinski definition) is 4. The van der Waals surface area contributed by atoms with Gasteiger partial charge in [-0.25, -0.2) is 0 Å². The Kier molecular flexibility index (Phi) is 6.29. The van der Waals surface area contributed by atoms with Crippen molar-refractivity contribution in [2.24, 2.45) is 0 Å². The number of rotatable bonds is 5. The standard InChI is InChI=1S/C21H20ClN3OS2/c22-19-8-2-1-5-16(19)13-25-14-17(12-23-25)20(26)24-18-7-3-6-15(11-18)21-27-9-4-10-28-21/h1-3,5-8,11-12,14,21H,4,9-10,13H2,(H,24,26). The molecule has 4 rings (SSSR count). The molecule has 4 nitrogen and oxygen atoms in total. The van der Waals surface area contributed by atoms with Gasteiger partial charge in [-0.05, 0) is 47.3 Å². The van der Waals surface area contributed by atoms with E-state index in [9.17, 15) is 4.79 Å². The Morgan fingerprint density at radius 1 is 1.18 bits per heavy atom. The maximum Gasteiger partial charge on any atom is 0.258 e. The minimum Gasteiger partial charge on any atom is -0.322 e. The first-order valence-corrected chi connectivity index (χ1v) is 11.6. The summed E-state index contributed by atoms with van der Waals surface area (Å²) in [6, 6.07) is 15.8. The second-order valence-electron chi connectivity index (χ2n) is 6.52. The molecule has 0 unspecified atom stereocenters. The molecule has 1 aliphatic rings. The van der Waals surface area contributed by atoms with E-state index in [1.807, 2.05) is 59.9 Å². The Morgan fingerprint density at radius 2 is 2.00 bits per heavy atom. The van der Waals surface area contributed by atoms with Crippen LogP contribution in [0.3, 0.4) is 0 Å². The number of anilines is 1. The fourth-order valence-corrected chi connectivity index (χ4v) is 6.08. The van der Waals surface area contributed by atoms with Crippen LogP contribution in [0.1, 0.15) is 32.5 Å². The zero-order valence-electron chi connectivity index (χ0n) is 15.2. The second kappa shape index (κ2) is 9.07. The number of amides is 1. The number of carbonyl (C=O) groups excluding carboxylic acids is 1. The van der Waals surface area contributed by atoms with E-state index in [-0.39, 0.29) is 5.91 Å². The molecule has 144 valence electrons. The molecule has 0 bridgehead atoms. The molecule has 0 atom stereocenters. The number of benzene rings is 2. The lowest BCUT2D eigenvalue weighted by molar-refractivity contribution is 0.102. The van der Waals surface area contributed by atoms with Gasteiger partial charge in [0.2, 0.25) is 0 Å². The number of aromatic nitrogens is 2. The molecule has 1 aliphatic heterocycles. The van der Waals surface area contributed by atoms with Crippen molar-refractivity contribution in [1.29, 1.82) is 0 Å². The fourth-order valence-electron chi connectivity index (χ4n) is 3.01. The highest BCUT2D eigenvalue weighted by Gasteiger charge is 2.17. The third-order valence-electron chi connectivity index (χ3n) is 4.43. The molecular formula is C21H20ClN3OS2. The average molecular weight is 430 g/mol. The van der Waals surface area contributed by atoms with Gasteiger partial charge in [-0.1, -0.05) is 41.9 Å². The summed E-state index contributed by atoms with van der Waals surface area (Å²) in [4.78, 5) is 12.6. The quantitative estimate of drug-likeness (QED) is 0.564. The van der Waals surface area contributed by atoms with Crippen molar-refractivity contribution in [3.05, 3.63) is 82.6 Å². The molecule has 1 aromatic heterocycles. The van der Waals surface area contributed by atoms with Gasteiger partial charge in [0.15, 0.2) is 0 Å². The zero-order valence-corrected chi connectivity index (χ0v) is 17.6. The predicted octanol–water partition coefficient (Wildman–Crippen LogP) is 5.71. The van der Waals surface area contributed by atoms with E-state index in [1.54, 1.807) is 17.1 Å². The first-order valence-electron chi connectivity index (χ1n) is 9.09. The van der Waals surface area contributed by atoms with Crippen LogP contribution in [-0.4, -0.2) is 27.2 Å². The van der Waals surface area contributed by atoms with Crippen molar-refractivity contribution < 1.29 is 4.79 Å². The Balaban J connectivity index is 1.43. The summed E-state index contributed by atoms with van der Waals surface area (Å²) in [5, 5.41) is 7.98. The van der Waals surface area contributed by atoms with Gasteiger partial charge in [0, 0.05) is 16.9 Å². The summed E-state index contributed by atoms with van der Waals surface area (Å²) in [6.45, 7) is 0.526. The van der Waals surface area contributed by atoms with Gasteiger partial charge in [-0.15, -0.1) is 23.5 Å². The molecule has 1 N–H and O–H groups in total. The van der Waals surface area contributed by atoms with Gasteiger partial charge in [0.05, 0.1) is 22.9 Å². The molecule has 28 heavy (non-hydrogen) atoms. The molecule has 7 heteroatoms. The largest absolute Gasteiger partial charge is 0.322 e. The van der Waals surface area contributed by atoms with E-state index in [0.29, 0.717) is 21.7 Å². The van der Waals surface area contributed by atoms with Crippen LogP contribution in [-0.2, 0) is 6.54 Å². The molecule has 1 saturated heterocycles. The second-order valence-corrected chi connectivity index (χ2v) is 9.66. The fraction of sp³-hybridized carbons (Fsp3) is 0.238. The van der Waals surface area contributed by atoms with E-state index in [1.165, 1.54) is 23.5 Å². The molecule has 1 fully saturated rings. The van der Waals surface area contributed by atoms with E-state index < -0.39 is 0 Å². The van der Waals surface area contributed by atoms with Crippen LogP contribution in [0.2, 0.25) is 5.02 Å². The minimum atomic E-state index is -0.161. The normalized spacial score (nSPS) is 14.8. The molecule has 0 spiro atoms. The number of hydrogen-bond donors (Lipinski definition) is 1. The third-order valence-corrected chi connectivity index (χ3v) is 7.81. The summed E-state index contributed by atoms with van der Waals surface area (Å²) in [6.07, 6.45) is 4.60. The summed E-state index contributed by atoms with van der Waals surface area (Å²) in [5.41, 5.74) is 3.56. The average Bonchev–Trinajstić information content (AvgIpc) is 3.19. The first kappa shape index (κ1) is 19.4. The SMILES string of the molecule is O=C(Nc1cccc(C2SCCCS2)c1)c1cnn(Cc2ccccc2Cl)c1. The highest BCUT2D eigenvalue weighted by Crippen LogP contribution is 2.44. The van der Waals surface area contributed by atoms with Crippen molar-refractivity contribution in [1.82, 2.24) is 9.78 Å². The Morgan fingerprint density at radius 3 is 2.82 bits per heavy atom. The smallest absolute Gasteiger partial charge is 0.258 e. The highest BCUT2D eigenvalue weighted by atomic mass is 35.5. The van der Waals surface area contributed by atoms with Crippen LogP contribution in [0.15, 0.2) is 60.9 Å². The Bertz CT molecular complexity index is 970. The predicted molar refractivity (Wildman–Crippen MR) is 119 cm³/mol. The highest BCUT2D eigenvalue weighted by molar-refractivity contribution is 8.16. The summed E-state index contributed by atoms with van der Waals surface area (Å²) >= 11 is 10.1. The van der Waals surface area contributed by atoms with E-state index in [2.05, 4.69) is 22.5 Å². The summed E-state index contributed by atoms with van der Waals surface area (Å²) in [5.74, 6) is 2.23. The maximum absolute atomic E-state index is 12.6. The van der Waals surface area contributed by atoms with Crippen molar-refractivity contribution in [3.63, 3.8) is 0 Å². The van der Waals surface area contributed by atoms with Crippen LogP contribution >= 0.6 is 35.1 Å². The topological polar surface area (TPSA) is 46.9 Å². The Labute approximate surface area is 178 Å². The van der Waals surface area contributed by atoms with Crippen LogP contribution in [0, 0.1) is 0 Å². The molecule has 1 amide bonds. The summed E-state index contributed by atoms with van der Waals surface area (Å²) in [7, 11) is 0. The molecule has 0 saturated carbocycles. The van der Waals surface area contributed by atoms with Gasteiger partial charge in [-0.2, -0.15) is 5.10 Å². The van der Waals surface area contributed by atoms with Gasteiger partial charge >= 0.3 is 0 Å². The van der Waals surface area contributed by atoms with Crippen molar-refractivity contribution in [2.75, 3.05) is 16.8 Å². The lowest BCUT2D eigenvalue weighted by Crippen LogP contribution is -2.11. The first-order chi connectivity index (χ1) is 13.7. The number of nitrogens with zero attached hydrogens (tertiary/aromatic N) is 2. The molecule has 0 radical (unpaired) electrons. The molecule has 0 aliphatic carbocycles. The van der Waals surface area contributed by atoms with Crippen molar-refractivity contribution in [3.8, 4) is 0 Å². The van der Waals surface area contributed by atoms with Crippen LogP contribution in [0.5, 0.6) is 0 Å². The van der Waals surface area contributed by atoms with Gasteiger partial charge in [-0.3, -0.25) is 9.48 Å². The number of carbonyl (C=O) groups is 1. The molecule has 2 aromatic carbocycles. The number of halogens is 1. The lowest BCUT2D eigenvalue weighted by Gasteiger charge is -2.21. The van der Waals surface area contributed by atoms with Gasteiger partial charge < -0.3 is 5.32 Å². The molecule has 3 aromatic rings. The monoisotopic (exact) mass is 429 g/mol. The number of thioether (sulfide) groups is 2. The van der Waals surface area contributed by atoms with Crippen LogP contribution < -0.4 is 5.32 Å². The molecular weight excluding hydrogens is 410 g/mol. The van der Waals surface area contributed by atoms with E-state index in [4.69, 9.17) is 11.6 Å². The maximum atomic E-state index is 12.6. The van der Waals surface area contributed by atoms with E-state index in [0.717, 1.165) is 11.3 Å². The zero-order chi connectivity index (χ0) is 19.3. The minimum absolute atomic E-state index is 0.161. The van der Waals surface area contributed by atoms with Crippen LogP contribution in [0.4, 0.5) is 5.69 Å². The van der Waals surface area contributed by atoms with E-state index >= 15 is 0 Å². The third kappa shape index (κ3) is 4.74. The van der Waals surface area contributed by atoms with Crippen LogP contribution in [0.25, 0.3) is 0 Å². The van der Waals surface area contributed by atoms with Crippen molar-refractivity contribution >= 4 is 46.7 Å². The Hall–Kier alpha value is -1.89. The van der Waals surface area contributed by atoms with Gasteiger partial charge in [0.1, 0.15) is 0 Å². The number of nitrogens with one attached hydrogen (secondary N) is 1. The lowest BCUT2D eigenvalue weighted by atomic mass is 10.2. The van der Waals surface area contributed by atoms with Crippen molar-refractivity contribution in [2.45, 2.75) is 17.5 Å². The van der Waals surface area contributed by atoms with Gasteiger partial charge in [0.25, 0.3) is 5.91 Å². The molecule has 2 heterocycles. The summed E-state index contributed by atoms with van der Waals surface area (Å²) < 4.78 is 2.17.